The molecular formula is C14H10ClFN2O3. The van der Waals surface area contributed by atoms with E-state index in [1.54, 1.807) is 0 Å². The Balaban J connectivity index is 2.02. The smallest absolute Gasteiger partial charge is 0.269 e. The van der Waals surface area contributed by atoms with E-state index in [4.69, 9.17) is 11.6 Å². The number of anilines is 1. The quantitative estimate of drug-likeness (QED) is 0.693. The fraction of sp³-hybridized carbons (Fsp3) is 0.0714. The van der Waals surface area contributed by atoms with Gasteiger partial charge in [0.2, 0.25) is 5.91 Å². The number of benzene rings is 2. The number of carbonyl (C=O) groups is 1. The summed E-state index contributed by atoms with van der Waals surface area (Å²) in [7, 11) is 0. The van der Waals surface area contributed by atoms with Crippen LogP contribution in [0, 0.1) is 15.9 Å². The molecule has 0 aliphatic carbocycles. The van der Waals surface area contributed by atoms with Crippen LogP contribution in [0.15, 0.2) is 42.5 Å². The van der Waals surface area contributed by atoms with Crippen molar-refractivity contribution in [3.8, 4) is 0 Å². The van der Waals surface area contributed by atoms with Gasteiger partial charge in [-0.25, -0.2) is 4.39 Å². The summed E-state index contributed by atoms with van der Waals surface area (Å²) in [4.78, 5) is 21.8. The number of nitro groups is 1. The summed E-state index contributed by atoms with van der Waals surface area (Å²) in [5, 5.41) is 13.2. The van der Waals surface area contributed by atoms with Gasteiger partial charge in [0.15, 0.2) is 0 Å². The van der Waals surface area contributed by atoms with Crippen molar-refractivity contribution in [2.24, 2.45) is 0 Å². The second kappa shape index (κ2) is 6.32. The molecule has 0 heterocycles. The van der Waals surface area contributed by atoms with Gasteiger partial charge in [-0.1, -0.05) is 23.7 Å². The Labute approximate surface area is 124 Å². The average molecular weight is 309 g/mol. The Bertz CT molecular complexity index is 689. The largest absolute Gasteiger partial charge is 0.323 e. The molecule has 0 aliphatic rings. The topological polar surface area (TPSA) is 72.2 Å². The van der Waals surface area contributed by atoms with Crippen LogP contribution in [-0.2, 0) is 11.2 Å². The molecule has 0 fully saturated rings. The molecule has 0 aromatic heterocycles. The maximum atomic E-state index is 13.5. The number of nitro benzene ring substituents is 1. The zero-order valence-electron chi connectivity index (χ0n) is 10.7. The highest BCUT2D eigenvalue weighted by Gasteiger charge is 2.10. The van der Waals surface area contributed by atoms with Gasteiger partial charge in [-0.05, 0) is 23.8 Å². The molecule has 21 heavy (non-hydrogen) atoms. The molecule has 0 unspecified atom stereocenters. The van der Waals surface area contributed by atoms with E-state index in [-0.39, 0.29) is 22.8 Å². The van der Waals surface area contributed by atoms with Gasteiger partial charge in [0.05, 0.1) is 17.0 Å². The lowest BCUT2D eigenvalue weighted by Crippen LogP contribution is -2.15. The third kappa shape index (κ3) is 4.00. The number of non-ortho nitro benzene ring substituents is 1. The van der Waals surface area contributed by atoms with Crippen molar-refractivity contribution in [1.82, 2.24) is 0 Å². The maximum absolute atomic E-state index is 13.5. The minimum Gasteiger partial charge on any atom is -0.323 e. The fourth-order valence-electron chi connectivity index (χ4n) is 1.71. The summed E-state index contributed by atoms with van der Waals surface area (Å²) in [5.74, 6) is -1.05. The summed E-state index contributed by atoms with van der Waals surface area (Å²) in [6, 6.07) is 9.52. The van der Waals surface area contributed by atoms with Gasteiger partial charge in [-0.15, -0.1) is 0 Å². The molecule has 5 nitrogen and oxygen atoms in total. The van der Waals surface area contributed by atoms with Crippen molar-refractivity contribution in [3.05, 3.63) is 69.0 Å². The number of hydrogen-bond acceptors (Lipinski definition) is 3. The Morgan fingerprint density at radius 3 is 2.48 bits per heavy atom. The molecule has 0 atom stereocenters. The summed E-state index contributed by atoms with van der Waals surface area (Å²) >= 11 is 5.62. The van der Waals surface area contributed by atoms with Crippen LogP contribution >= 0.6 is 11.6 Å². The molecular weight excluding hydrogens is 299 g/mol. The highest BCUT2D eigenvalue weighted by Crippen LogP contribution is 2.19. The van der Waals surface area contributed by atoms with E-state index in [2.05, 4.69) is 5.32 Å². The van der Waals surface area contributed by atoms with Crippen molar-refractivity contribution in [3.63, 3.8) is 0 Å². The lowest BCUT2D eigenvalue weighted by molar-refractivity contribution is -0.384. The van der Waals surface area contributed by atoms with Crippen molar-refractivity contribution in [1.29, 1.82) is 0 Å². The first-order chi connectivity index (χ1) is 9.95. The minimum atomic E-state index is -0.625. The first-order valence-corrected chi connectivity index (χ1v) is 6.32. The molecule has 1 N–H and O–H groups in total. The summed E-state index contributed by atoms with van der Waals surface area (Å²) in [6.07, 6.45) is -0.0138. The van der Waals surface area contributed by atoms with Crippen molar-refractivity contribution >= 4 is 28.9 Å². The van der Waals surface area contributed by atoms with E-state index in [0.29, 0.717) is 5.56 Å². The number of amides is 1. The van der Waals surface area contributed by atoms with Crippen molar-refractivity contribution < 1.29 is 14.1 Å². The van der Waals surface area contributed by atoms with E-state index in [1.807, 2.05) is 0 Å². The van der Waals surface area contributed by atoms with Crippen LogP contribution in [0.1, 0.15) is 5.56 Å². The minimum absolute atomic E-state index is 0.0138. The molecule has 2 aromatic rings. The molecule has 2 aromatic carbocycles. The molecule has 0 aliphatic heterocycles. The number of nitrogens with zero attached hydrogens (tertiary/aromatic N) is 1. The molecule has 0 saturated heterocycles. The SMILES string of the molecule is O=C(Cc1ccc([N+](=O)[O-])cc1)Nc1ccc(Cl)cc1F. The van der Waals surface area contributed by atoms with Crippen LogP contribution in [0.3, 0.4) is 0 Å². The first-order valence-electron chi connectivity index (χ1n) is 5.94. The van der Waals surface area contributed by atoms with E-state index in [9.17, 15) is 19.3 Å². The molecule has 1 amide bonds. The molecule has 0 spiro atoms. The highest BCUT2D eigenvalue weighted by atomic mass is 35.5. The van der Waals surface area contributed by atoms with Crippen molar-refractivity contribution in [2.75, 3.05) is 5.32 Å². The summed E-state index contributed by atoms with van der Waals surface area (Å²) < 4.78 is 13.5. The van der Waals surface area contributed by atoms with Gasteiger partial charge >= 0.3 is 0 Å². The van der Waals surface area contributed by atoms with Crippen LogP contribution in [0.2, 0.25) is 5.02 Å². The molecule has 0 radical (unpaired) electrons. The third-order valence-electron chi connectivity index (χ3n) is 2.72. The molecule has 108 valence electrons. The van der Waals surface area contributed by atoms with E-state index < -0.39 is 16.6 Å². The Morgan fingerprint density at radius 1 is 1.24 bits per heavy atom. The summed E-state index contributed by atoms with van der Waals surface area (Å²) in [6.45, 7) is 0. The monoisotopic (exact) mass is 308 g/mol. The van der Waals surface area contributed by atoms with Gasteiger partial charge in [0.1, 0.15) is 5.82 Å². The number of rotatable bonds is 4. The van der Waals surface area contributed by atoms with E-state index in [0.717, 1.165) is 6.07 Å². The molecule has 0 bridgehead atoms. The number of nitrogens with one attached hydrogen (secondary N) is 1. The number of carbonyl (C=O) groups excluding carboxylic acids is 1. The van der Waals surface area contributed by atoms with Crippen LogP contribution in [0.5, 0.6) is 0 Å². The van der Waals surface area contributed by atoms with Crippen LogP contribution < -0.4 is 5.32 Å². The summed E-state index contributed by atoms with van der Waals surface area (Å²) in [5.41, 5.74) is 0.571. The second-order valence-corrected chi connectivity index (χ2v) is 4.71. The Hall–Kier alpha value is -2.47. The third-order valence-corrected chi connectivity index (χ3v) is 2.95. The van der Waals surface area contributed by atoms with Crippen molar-refractivity contribution in [2.45, 2.75) is 6.42 Å². The van der Waals surface area contributed by atoms with Gasteiger partial charge in [0.25, 0.3) is 5.69 Å². The van der Waals surface area contributed by atoms with Gasteiger partial charge < -0.3 is 5.32 Å². The van der Waals surface area contributed by atoms with Crippen LogP contribution in [0.4, 0.5) is 15.8 Å². The predicted octanol–water partition coefficient (Wildman–Crippen LogP) is 3.57. The lowest BCUT2D eigenvalue weighted by atomic mass is 10.1. The van der Waals surface area contributed by atoms with E-state index in [1.165, 1.54) is 36.4 Å². The Morgan fingerprint density at radius 2 is 1.90 bits per heavy atom. The second-order valence-electron chi connectivity index (χ2n) is 4.27. The zero-order valence-corrected chi connectivity index (χ0v) is 11.4. The fourth-order valence-corrected chi connectivity index (χ4v) is 1.86. The number of halogens is 2. The highest BCUT2D eigenvalue weighted by molar-refractivity contribution is 6.30. The van der Waals surface area contributed by atoms with Gasteiger partial charge in [0, 0.05) is 17.2 Å². The van der Waals surface area contributed by atoms with Crippen LogP contribution in [-0.4, -0.2) is 10.8 Å². The zero-order chi connectivity index (χ0) is 15.4. The maximum Gasteiger partial charge on any atom is 0.269 e. The standard InChI is InChI=1S/C14H10ClFN2O3/c15-10-3-6-13(12(16)8-10)17-14(19)7-9-1-4-11(5-2-9)18(20)21/h1-6,8H,7H2,(H,17,19). The molecule has 2 rings (SSSR count). The predicted molar refractivity (Wildman–Crippen MR) is 76.8 cm³/mol. The average Bonchev–Trinajstić information content (AvgIpc) is 2.42. The van der Waals surface area contributed by atoms with Gasteiger partial charge in [-0.2, -0.15) is 0 Å². The van der Waals surface area contributed by atoms with Gasteiger partial charge in [-0.3, -0.25) is 14.9 Å². The Kier molecular flexibility index (Phi) is 4.49. The van der Waals surface area contributed by atoms with Crippen LogP contribution in [0.25, 0.3) is 0 Å². The normalized spacial score (nSPS) is 10.2. The molecule has 0 saturated carbocycles. The molecule has 7 heteroatoms. The first kappa shape index (κ1) is 14.9. The lowest BCUT2D eigenvalue weighted by Gasteiger charge is -2.06. The van der Waals surface area contributed by atoms with E-state index >= 15 is 0 Å². The number of hydrogen-bond donors (Lipinski definition) is 1.